The smallest absolute Gasteiger partial charge is 0.233 e. The first-order valence-electron chi connectivity index (χ1n) is 8.92. The fraction of sp³-hybridized carbons (Fsp3) is 0.526. The molecule has 2 aliphatic rings. The molecule has 0 bridgehead atoms. The van der Waals surface area contributed by atoms with E-state index in [1.807, 2.05) is 29.2 Å². The van der Waals surface area contributed by atoms with E-state index in [0.717, 1.165) is 24.2 Å². The van der Waals surface area contributed by atoms with Crippen molar-refractivity contribution in [3.63, 3.8) is 0 Å². The van der Waals surface area contributed by atoms with Gasteiger partial charge in [-0.2, -0.15) is 4.98 Å². The second-order valence-electron chi connectivity index (χ2n) is 7.25. The van der Waals surface area contributed by atoms with Gasteiger partial charge in [-0.05, 0) is 37.5 Å². The molecule has 138 valence electrons. The predicted molar refractivity (Wildman–Crippen MR) is 92.8 cm³/mol. The molecule has 2 fully saturated rings. The Kier molecular flexibility index (Phi) is 4.19. The standard InChI is InChI=1S/C19H23N3O4/c1-12-20-17(26-21-12)16-10-22(9-13(16)11-23)18(24)19(7-8-19)14-3-5-15(25-2)6-4-14/h3-6,13,16,23H,7-11H2,1-2H3/t13-,16+/m0/s1. The van der Waals surface area contributed by atoms with Crippen LogP contribution in [-0.2, 0) is 10.2 Å². The molecule has 2 aromatic rings. The third kappa shape index (κ3) is 2.76. The van der Waals surface area contributed by atoms with Crippen LogP contribution in [0.1, 0.15) is 36.0 Å². The first kappa shape index (κ1) is 17.0. The Labute approximate surface area is 152 Å². The Morgan fingerprint density at radius 1 is 1.35 bits per heavy atom. The Balaban J connectivity index is 1.54. The van der Waals surface area contributed by atoms with Crippen LogP contribution in [0.2, 0.25) is 0 Å². The molecule has 2 atom stereocenters. The zero-order valence-corrected chi connectivity index (χ0v) is 15.0. The average molecular weight is 357 g/mol. The Morgan fingerprint density at radius 2 is 2.08 bits per heavy atom. The number of ether oxygens (including phenoxy) is 1. The summed E-state index contributed by atoms with van der Waals surface area (Å²) in [6.07, 6.45) is 1.70. The first-order chi connectivity index (χ1) is 12.6. The van der Waals surface area contributed by atoms with Crippen LogP contribution in [0.3, 0.4) is 0 Å². The van der Waals surface area contributed by atoms with Crippen molar-refractivity contribution in [1.82, 2.24) is 15.0 Å². The first-order valence-corrected chi connectivity index (χ1v) is 8.92. The third-order valence-corrected chi connectivity index (χ3v) is 5.63. The van der Waals surface area contributed by atoms with Gasteiger partial charge in [-0.15, -0.1) is 0 Å². The van der Waals surface area contributed by atoms with E-state index in [1.165, 1.54) is 0 Å². The molecular weight excluding hydrogens is 334 g/mol. The molecule has 1 saturated carbocycles. The van der Waals surface area contributed by atoms with E-state index in [9.17, 15) is 9.90 Å². The number of carbonyl (C=O) groups is 1. The molecule has 1 saturated heterocycles. The molecule has 7 nitrogen and oxygen atoms in total. The molecule has 4 rings (SSSR count). The van der Waals surface area contributed by atoms with Gasteiger partial charge in [-0.3, -0.25) is 4.79 Å². The van der Waals surface area contributed by atoms with Crippen molar-refractivity contribution < 1.29 is 19.2 Å². The van der Waals surface area contributed by atoms with Crippen LogP contribution < -0.4 is 4.74 Å². The van der Waals surface area contributed by atoms with Crippen LogP contribution in [0.5, 0.6) is 5.75 Å². The second-order valence-corrected chi connectivity index (χ2v) is 7.25. The number of methoxy groups -OCH3 is 1. The highest BCUT2D eigenvalue weighted by Gasteiger charge is 2.55. The number of hydrogen-bond acceptors (Lipinski definition) is 6. The van der Waals surface area contributed by atoms with Gasteiger partial charge in [0.05, 0.1) is 18.4 Å². The lowest BCUT2D eigenvalue weighted by Crippen LogP contribution is -2.38. The van der Waals surface area contributed by atoms with Gasteiger partial charge in [-0.1, -0.05) is 17.3 Å². The van der Waals surface area contributed by atoms with Crippen molar-refractivity contribution in [2.75, 3.05) is 26.8 Å². The Bertz CT molecular complexity index is 797. The zero-order valence-electron chi connectivity index (χ0n) is 15.0. The number of nitrogens with zero attached hydrogens (tertiary/aromatic N) is 3. The average Bonchev–Trinajstić information content (AvgIpc) is 3.18. The quantitative estimate of drug-likeness (QED) is 0.875. The van der Waals surface area contributed by atoms with Crippen molar-refractivity contribution in [3.05, 3.63) is 41.5 Å². The van der Waals surface area contributed by atoms with Crippen molar-refractivity contribution in [3.8, 4) is 5.75 Å². The maximum absolute atomic E-state index is 13.3. The predicted octanol–water partition coefficient (Wildman–Crippen LogP) is 1.65. The number of benzene rings is 1. The number of hydrogen-bond donors (Lipinski definition) is 1. The molecular formula is C19H23N3O4. The fourth-order valence-corrected chi connectivity index (χ4v) is 3.93. The van der Waals surface area contributed by atoms with Crippen molar-refractivity contribution >= 4 is 5.91 Å². The maximum Gasteiger partial charge on any atom is 0.233 e. The lowest BCUT2D eigenvalue weighted by Gasteiger charge is -2.23. The summed E-state index contributed by atoms with van der Waals surface area (Å²) in [5.41, 5.74) is 0.590. The normalized spacial score (nSPS) is 23.9. The van der Waals surface area contributed by atoms with E-state index >= 15 is 0 Å². The second kappa shape index (κ2) is 6.39. The number of amides is 1. The number of aliphatic hydroxyl groups is 1. The van der Waals surface area contributed by atoms with Gasteiger partial charge in [0.2, 0.25) is 11.8 Å². The monoisotopic (exact) mass is 357 g/mol. The minimum absolute atomic E-state index is 0.00852. The highest BCUT2D eigenvalue weighted by atomic mass is 16.5. The van der Waals surface area contributed by atoms with Gasteiger partial charge < -0.3 is 19.3 Å². The van der Waals surface area contributed by atoms with Gasteiger partial charge in [0.15, 0.2) is 5.82 Å². The highest BCUT2D eigenvalue weighted by molar-refractivity contribution is 5.91. The van der Waals surface area contributed by atoms with Crippen LogP contribution in [0.25, 0.3) is 0 Å². The van der Waals surface area contributed by atoms with E-state index in [2.05, 4.69) is 10.1 Å². The van der Waals surface area contributed by atoms with Gasteiger partial charge in [0.1, 0.15) is 5.75 Å². The molecule has 7 heteroatoms. The molecule has 0 unspecified atom stereocenters. The SMILES string of the molecule is COc1ccc(C2(C(=O)N3C[C@@H](CO)[C@H](c4nc(C)no4)C3)CC2)cc1. The van der Waals surface area contributed by atoms with Gasteiger partial charge >= 0.3 is 0 Å². The molecule has 1 aliphatic heterocycles. The van der Waals surface area contributed by atoms with Crippen LogP contribution in [0.15, 0.2) is 28.8 Å². The number of carbonyl (C=O) groups excluding carboxylic acids is 1. The van der Waals surface area contributed by atoms with Gasteiger partial charge in [0, 0.05) is 25.6 Å². The topological polar surface area (TPSA) is 88.7 Å². The summed E-state index contributed by atoms with van der Waals surface area (Å²) >= 11 is 0. The maximum atomic E-state index is 13.3. The number of aliphatic hydroxyl groups excluding tert-OH is 1. The van der Waals surface area contributed by atoms with E-state index < -0.39 is 5.41 Å². The van der Waals surface area contributed by atoms with Crippen LogP contribution in [-0.4, -0.2) is 52.9 Å². The van der Waals surface area contributed by atoms with E-state index in [0.29, 0.717) is 24.8 Å². The van der Waals surface area contributed by atoms with E-state index in [4.69, 9.17) is 9.26 Å². The largest absolute Gasteiger partial charge is 0.497 e. The summed E-state index contributed by atoms with van der Waals surface area (Å²) in [6.45, 7) is 2.77. The highest BCUT2D eigenvalue weighted by Crippen LogP contribution is 2.51. The lowest BCUT2D eigenvalue weighted by molar-refractivity contribution is -0.133. The Hall–Kier alpha value is -2.41. The molecule has 1 amide bonds. The summed E-state index contributed by atoms with van der Waals surface area (Å²) in [5.74, 6) is 1.79. The Morgan fingerprint density at radius 3 is 2.62 bits per heavy atom. The van der Waals surface area contributed by atoms with Crippen molar-refractivity contribution in [1.29, 1.82) is 0 Å². The summed E-state index contributed by atoms with van der Waals surface area (Å²) in [5, 5.41) is 13.6. The molecule has 1 aromatic heterocycles. The molecule has 2 heterocycles. The number of aromatic nitrogens is 2. The summed E-state index contributed by atoms with van der Waals surface area (Å²) in [4.78, 5) is 19.4. The lowest BCUT2D eigenvalue weighted by atomic mass is 9.94. The van der Waals surface area contributed by atoms with Crippen molar-refractivity contribution in [2.45, 2.75) is 31.1 Å². The fourth-order valence-electron chi connectivity index (χ4n) is 3.93. The molecule has 26 heavy (non-hydrogen) atoms. The van der Waals surface area contributed by atoms with Gasteiger partial charge in [0.25, 0.3) is 0 Å². The van der Waals surface area contributed by atoms with Crippen LogP contribution >= 0.6 is 0 Å². The summed E-state index contributed by atoms with van der Waals surface area (Å²) in [7, 11) is 1.63. The van der Waals surface area contributed by atoms with E-state index in [1.54, 1.807) is 14.0 Å². The molecule has 0 spiro atoms. The van der Waals surface area contributed by atoms with E-state index in [-0.39, 0.29) is 24.3 Å². The number of aryl methyl sites for hydroxylation is 1. The number of likely N-dealkylation sites (tertiary alicyclic amines) is 1. The molecule has 1 N–H and O–H groups in total. The zero-order chi connectivity index (χ0) is 18.3. The summed E-state index contributed by atoms with van der Waals surface area (Å²) in [6, 6.07) is 7.74. The van der Waals surface area contributed by atoms with Crippen LogP contribution in [0.4, 0.5) is 0 Å². The third-order valence-electron chi connectivity index (χ3n) is 5.63. The molecule has 1 aliphatic carbocycles. The molecule has 1 aromatic carbocycles. The van der Waals surface area contributed by atoms with Crippen molar-refractivity contribution in [2.24, 2.45) is 5.92 Å². The van der Waals surface area contributed by atoms with Crippen LogP contribution in [0, 0.1) is 12.8 Å². The minimum Gasteiger partial charge on any atom is -0.497 e. The minimum atomic E-state index is -0.439. The molecule has 0 radical (unpaired) electrons. The van der Waals surface area contributed by atoms with Gasteiger partial charge in [-0.25, -0.2) is 0 Å². The number of rotatable bonds is 5. The summed E-state index contributed by atoms with van der Waals surface area (Å²) < 4.78 is 10.5.